The molecule has 0 heterocycles. The normalized spacial score (nSPS) is 12.7. The highest BCUT2D eigenvalue weighted by molar-refractivity contribution is 5.91. The van der Waals surface area contributed by atoms with Crippen molar-refractivity contribution in [3.05, 3.63) is 35.9 Å². The molecule has 0 saturated heterocycles. The number of nitrogens with one attached hydrogen (secondary N) is 1. The van der Waals surface area contributed by atoms with E-state index in [2.05, 4.69) is 5.32 Å². The Bertz CT molecular complexity index is 483. The van der Waals surface area contributed by atoms with Gasteiger partial charge < -0.3 is 15.2 Å². The zero-order valence-electron chi connectivity index (χ0n) is 13.5. The molecule has 1 amide bonds. The lowest BCUT2D eigenvalue weighted by Crippen LogP contribution is -2.50. The van der Waals surface area contributed by atoms with E-state index in [1.54, 1.807) is 0 Å². The predicted molar refractivity (Wildman–Crippen MR) is 84.8 cm³/mol. The molecule has 0 bridgehead atoms. The fraction of sp³-hybridized carbons (Fsp3) is 0.529. The van der Waals surface area contributed by atoms with E-state index in [4.69, 9.17) is 4.74 Å². The summed E-state index contributed by atoms with van der Waals surface area (Å²) < 4.78 is 4.91. The first kappa shape index (κ1) is 18.2. The van der Waals surface area contributed by atoms with Crippen LogP contribution in [0.15, 0.2) is 30.3 Å². The van der Waals surface area contributed by atoms with E-state index in [1.807, 2.05) is 44.2 Å². The number of benzene rings is 1. The number of carboxylic acids is 1. The number of carbonyl (C=O) groups excluding carboxylic acids is 1. The third kappa shape index (κ3) is 4.07. The van der Waals surface area contributed by atoms with E-state index in [0.717, 1.165) is 5.56 Å². The minimum atomic E-state index is -1.04. The Labute approximate surface area is 131 Å². The summed E-state index contributed by atoms with van der Waals surface area (Å²) in [5.74, 6) is -1.29. The van der Waals surface area contributed by atoms with Crippen molar-refractivity contribution in [1.29, 1.82) is 0 Å². The lowest BCUT2D eigenvalue weighted by molar-refractivity contribution is -0.143. The van der Waals surface area contributed by atoms with Crippen molar-refractivity contribution < 1.29 is 19.4 Å². The highest BCUT2D eigenvalue weighted by atomic mass is 16.5. The number of aliphatic carboxylic acids is 1. The molecule has 1 aromatic rings. The molecule has 1 aromatic carbocycles. The Morgan fingerprint density at radius 2 is 1.82 bits per heavy atom. The van der Waals surface area contributed by atoms with Crippen LogP contribution in [-0.4, -0.2) is 36.7 Å². The van der Waals surface area contributed by atoms with Crippen molar-refractivity contribution in [2.45, 2.75) is 44.6 Å². The van der Waals surface area contributed by atoms with Gasteiger partial charge in [0.15, 0.2) is 0 Å². The molecule has 1 rings (SSSR count). The lowest BCUT2D eigenvalue weighted by atomic mass is 9.75. The van der Waals surface area contributed by atoms with Gasteiger partial charge in [0.05, 0.1) is 5.41 Å². The van der Waals surface area contributed by atoms with Crippen molar-refractivity contribution in [3.63, 3.8) is 0 Å². The Morgan fingerprint density at radius 1 is 1.23 bits per heavy atom. The zero-order valence-corrected chi connectivity index (χ0v) is 13.5. The topological polar surface area (TPSA) is 75.6 Å². The smallest absolute Gasteiger partial charge is 0.326 e. The summed E-state index contributed by atoms with van der Waals surface area (Å²) in [6.45, 7) is 4.18. The fourth-order valence-corrected chi connectivity index (χ4v) is 2.66. The molecule has 5 nitrogen and oxygen atoms in total. The van der Waals surface area contributed by atoms with Gasteiger partial charge in [-0.1, -0.05) is 44.2 Å². The second kappa shape index (κ2) is 8.54. The molecule has 0 fully saturated rings. The van der Waals surface area contributed by atoms with Gasteiger partial charge in [-0.25, -0.2) is 4.79 Å². The Balaban J connectivity index is 3.00. The molecule has 22 heavy (non-hydrogen) atoms. The van der Waals surface area contributed by atoms with Crippen molar-refractivity contribution in [1.82, 2.24) is 5.32 Å². The van der Waals surface area contributed by atoms with Crippen molar-refractivity contribution >= 4 is 11.9 Å². The Kier molecular flexibility index (Phi) is 7.05. The highest BCUT2D eigenvalue weighted by Crippen LogP contribution is 2.32. The highest BCUT2D eigenvalue weighted by Gasteiger charge is 2.38. The molecule has 0 saturated carbocycles. The quantitative estimate of drug-likeness (QED) is 0.734. The molecule has 1 atom stereocenters. The van der Waals surface area contributed by atoms with Crippen LogP contribution >= 0.6 is 0 Å². The van der Waals surface area contributed by atoms with Crippen molar-refractivity contribution in [2.24, 2.45) is 0 Å². The second-order valence-electron chi connectivity index (χ2n) is 5.30. The molecule has 0 aromatic heterocycles. The van der Waals surface area contributed by atoms with Crippen LogP contribution in [0.2, 0.25) is 0 Å². The molecular formula is C17H25NO4. The van der Waals surface area contributed by atoms with Gasteiger partial charge in [-0.05, 0) is 18.4 Å². The summed E-state index contributed by atoms with van der Waals surface area (Å²) in [6, 6.07) is 8.57. The number of amides is 1. The van der Waals surface area contributed by atoms with E-state index in [9.17, 15) is 14.7 Å². The molecule has 0 radical (unpaired) electrons. The van der Waals surface area contributed by atoms with E-state index < -0.39 is 17.4 Å². The summed E-state index contributed by atoms with van der Waals surface area (Å²) in [6.07, 6.45) is 1.46. The first-order chi connectivity index (χ1) is 10.5. The number of hydrogen-bond donors (Lipinski definition) is 2. The average Bonchev–Trinajstić information content (AvgIpc) is 2.54. The number of carboxylic acid groups (broad SMARTS) is 1. The Hall–Kier alpha value is -1.88. The van der Waals surface area contributed by atoms with Gasteiger partial charge in [0, 0.05) is 20.1 Å². The molecule has 122 valence electrons. The van der Waals surface area contributed by atoms with Crippen LogP contribution < -0.4 is 5.32 Å². The van der Waals surface area contributed by atoms with Crippen LogP contribution in [0.4, 0.5) is 0 Å². The first-order valence-electron chi connectivity index (χ1n) is 7.60. The number of hydrogen-bond acceptors (Lipinski definition) is 3. The zero-order chi connectivity index (χ0) is 16.6. The molecule has 0 aliphatic carbocycles. The van der Waals surface area contributed by atoms with Crippen molar-refractivity contribution in [2.75, 3.05) is 13.7 Å². The lowest BCUT2D eigenvalue weighted by Gasteiger charge is -2.32. The van der Waals surface area contributed by atoms with E-state index in [1.165, 1.54) is 7.11 Å². The fourth-order valence-electron chi connectivity index (χ4n) is 2.66. The maximum Gasteiger partial charge on any atom is 0.326 e. The number of methoxy groups -OCH3 is 1. The number of carbonyl (C=O) groups is 2. The van der Waals surface area contributed by atoms with Crippen LogP contribution in [0.25, 0.3) is 0 Å². The van der Waals surface area contributed by atoms with Crippen LogP contribution in [0, 0.1) is 0 Å². The third-order valence-electron chi connectivity index (χ3n) is 4.18. The van der Waals surface area contributed by atoms with Gasteiger partial charge in [0.2, 0.25) is 5.91 Å². The minimum absolute atomic E-state index is 0.243. The van der Waals surface area contributed by atoms with Gasteiger partial charge in [0.25, 0.3) is 0 Å². The first-order valence-corrected chi connectivity index (χ1v) is 7.60. The van der Waals surface area contributed by atoms with E-state index in [-0.39, 0.29) is 18.9 Å². The molecule has 5 heteroatoms. The maximum absolute atomic E-state index is 12.8. The monoisotopic (exact) mass is 307 g/mol. The summed E-state index contributed by atoms with van der Waals surface area (Å²) >= 11 is 0. The van der Waals surface area contributed by atoms with Crippen LogP contribution in [-0.2, 0) is 19.7 Å². The maximum atomic E-state index is 12.8. The minimum Gasteiger partial charge on any atom is -0.480 e. The van der Waals surface area contributed by atoms with Crippen molar-refractivity contribution in [3.8, 4) is 0 Å². The predicted octanol–water partition coefficient (Wildman–Crippen LogP) is 2.35. The summed E-state index contributed by atoms with van der Waals surface area (Å²) in [4.78, 5) is 24.1. The van der Waals surface area contributed by atoms with Gasteiger partial charge in [-0.2, -0.15) is 0 Å². The largest absolute Gasteiger partial charge is 0.480 e. The van der Waals surface area contributed by atoms with Gasteiger partial charge in [0.1, 0.15) is 6.04 Å². The standard InChI is InChI=1S/C17H25NO4/c1-4-17(5-2,13-9-7-6-8-10-13)16(21)18-14(15(19)20)11-12-22-3/h6-10,14H,4-5,11-12H2,1-3H3,(H,18,21)(H,19,20). The van der Waals surface area contributed by atoms with Crippen LogP contribution in [0.1, 0.15) is 38.7 Å². The average molecular weight is 307 g/mol. The van der Waals surface area contributed by atoms with Gasteiger partial charge in [-0.15, -0.1) is 0 Å². The summed E-state index contributed by atoms with van der Waals surface area (Å²) in [5.41, 5.74) is 0.204. The third-order valence-corrected chi connectivity index (χ3v) is 4.18. The molecule has 0 aliphatic heterocycles. The van der Waals surface area contributed by atoms with E-state index in [0.29, 0.717) is 12.8 Å². The molecular weight excluding hydrogens is 282 g/mol. The SMILES string of the molecule is CCC(CC)(C(=O)NC(CCOC)C(=O)O)c1ccccc1. The number of ether oxygens (including phenoxy) is 1. The second-order valence-corrected chi connectivity index (χ2v) is 5.30. The van der Waals surface area contributed by atoms with Crippen LogP contribution in [0.3, 0.4) is 0 Å². The van der Waals surface area contributed by atoms with Crippen LogP contribution in [0.5, 0.6) is 0 Å². The summed E-state index contributed by atoms with van der Waals surface area (Å²) in [5, 5.41) is 11.9. The summed E-state index contributed by atoms with van der Waals surface area (Å²) in [7, 11) is 1.51. The van der Waals surface area contributed by atoms with Gasteiger partial charge >= 0.3 is 5.97 Å². The Morgan fingerprint density at radius 3 is 2.27 bits per heavy atom. The molecule has 1 unspecified atom stereocenters. The number of rotatable bonds is 9. The molecule has 0 spiro atoms. The van der Waals surface area contributed by atoms with Gasteiger partial charge in [-0.3, -0.25) is 4.79 Å². The molecule has 2 N–H and O–H groups in total. The molecule has 0 aliphatic rings. The van der Waals surface area contributed by atoms with E-state index >= 15 is 0 Å².